The van der Waals surface area contributed by atoms with Crippen LogP contribution in [0.2, 0.25) is 0 Å². The van der Waals surface area contributed by atoms with Crippen LogP contribution >= 0.6 is 0 Å². The maximum Gasteiger partial charge on any atom is 0.245 e. The molecule has 0 unspecified atom stereocenters. The first-order valence-electron chi connectivity index (χ1n) is 5.87. The van der Waals surface area contributed by atoms with Crippen molar-refractivity contribution in [1.82, 2.24) is 4.31 Å². The standard InChI is InChI=1S/C12H19FN2O2S/c1-4-7-15(9(2)3)18(16,17)12-6-5-10(13)8-11(12)14/h5-6,8-9H,4,7,14H2,1-3H3. The second-order valence-electron chi connectivity index (χ2n) is 4.39. The number of anilines is 1. The van der Waals surface area contributed by atoms with Gasteiger partial charge in [0.1, 0.15) is 10.7 Å². The Labute approximate surface area is 108 Å². The lowest BCUT2D eigenvalue weighted by molar-refractivity contribution is 0.354. The zero-order valence-corrected chi connectivity index (χ0v) is 11.7. The van der Waals surface area contributed by atoms with Gasteiger partial charge in [0, 0.05) is 12.6 Å². The minimum absolute atomic E-state index is 0.0361. The van der Waals surface area contributed by atoms with Crippen LogP contribution in [0.15, 0.2) is 23.1 Å². The predicted octanol–water partition coefficient (Wildman–Crippen LogP) is 2.22. The second-order valence-corrected chi connectivity index (χ2v) is 6.25. The lowest BCUT2D eigenvalue weighted by Gasteiger charge is -2.26. The Bertz CT molecular complexity index is 515. The van der Waals surface area contributed by atoms with Gasteiger partial charge >= 0.3 is 0 Å². The van der Waals surface area contributed by atoms with Crippen molar-refractivity contribution in [3.05, 3.63) is 24.0 Å². The van der Waals surface area contributed by atoms with Crippen molar-refractivity contribution in [1.29, 1.82) is 0 Å². The molecule has 0 radical (unpaired) electrons. The fourth-order valence-electron chi connectivity index (χ4n) is 1.76. The monoisotopic (exact) mass is 274 g/mol. The molecule has 1 aromatic carbocycles. The summed E-state index contributed by atoms with van der Waals surface area (Å²) >= 11 is 0. The molecule has 0 bridgehead atoms. The first-order valence-corrected chi connectivity index (χ1v) is 7.31. The molecule has 0 spiro atoms. The number of halogens is 1. The van der Waals surface area contributed by atoms with Crippen LogP contribution in [-0.4, -0.2) is 25.3 Å². The summed E-state index contributed by atoms with van der Waals surface area (Å²) in [6, 6.07) is 3.18. The molecule has 0 saturated heterocycles. The van der Waals surface area contributed by atoms with E-state index in [1.54, 1.807) is 13.8 Å². The van der Waals surface area contributed by atoms with E-state index in [0.29, 0.717) is 13.0 Å². The van der Waals surface area contributed by atoms with E-state index in [4.69, 9.17) is 5.73 Å². The maximum absolute atomic E-state index is 13.0. The van der Waals surface area contributed by atoms with Crippen molar-refractivity contribution < 1.29 is 12.8 Å². The van der Waals surface area contributed by atoms with Gasteiger partial charge in [-0.3, -0.25) is 0 Å². The summed E-state index contributed by atoms with van der Waals surface area (Å²) < 4.78 is 39.2. The molecule has 0 aliphatic heterocycles. The average molecular weight is 274 g/mol. The number of rotatable bonds is 5. The van der Waals surface area contributed by atoms with E-state index in [2.05, 4.69) is 0 Å². The summed E-state index contributed by atoms with van der Waals surface area (Å²) in [4.78, 5) is -0.0361. The number of nitrogens with zero attached hydrogens (tertiary/aromatic N) is 1. The van der Waals surface area contributed by atoms with Crippen molar-refractivity contribution in [3.63, 3.8) is 0 Å². The molecule has 2 N–H and O–H groups in total. The zero-order valence-electron chi connectivity index (χ0n) is 10.9. The first kappa shape index (κ1) is 14.9. The van der Waals surface area contributed by atoms with Crippen molar-refractivity contribution >= 4 is 15.7 Å². The third-order valence-corrected chi connectivity index (χ3v) is 4.73. The lowest BCUT2D eigenvalue weighted by Crippen LogP contribution is -2.37. The van der Waals surface area contributed by atoms with Gasteiger partial charge in [0.25, 0.3) is 0 Å². The van der Waals surface area contributed by atoms with E-state index < -0.39 is 15.8 Å². The number of hydrogen-bond acceptors (Lipinski definition) is 3. The Morgan fingerprint density at radius 3 is 2.44 bits per heavy atom. The molecule has 0 fully saturated rings. The molecule has 0 aromatic heterocycles. The second kappa shape index (κ2) is 5.67. The van der Waals surface area contributed by atoms with Gasteiger partial charge in [-0.25, -0.2) is 12.8 Å². The molecule has 6 heteroatoms. The molecule has 4 nitrogen and oxygen atoms in total. The van der Waals surface area contributed by atoms with E-state index >= 15 is 0 Å². The molecule has 0 aliphatic carbocycles. The Morgan fingerprint density at radius 2 is 2.00 bits per heavy atom. The predicted molar refractivity (Wildman–Crippen MR) is 70.1 cm³/mol. The summed E-state index contributed by atoms with van der Waals surface area (Å²) in [6.07, 6.45) is 0.707. The highest BCUT2D eigenvalue weighted by Gasteiger charge is 2.28. The largest absolute Gasteiger partial charge is 0.398 e. The minimum atomic E-state index is -3.67. The smallest absolute Gasteiger partial charge is 0.245 e. The van der Waals surface area contributed by atoms with Crippen molar-refractivity contribution in [2.75, 3.05) is 12.3 Å². The van der Waals surface area contributed by atoms with Crippen LogP contribution in [0.1, 0.15) is 27.2 Å². The molecular formula is C12H19FN2O2S. The van der Waals surface area contributed by atoms with Crippen LogP contribution in [0.5, 0.6) is 0 Å². The van der Waals surface area contributed by atoms with Crippen molar-refractivity contribution in [2.45, 2.75) is 38.1 Å². The van der Waals surface area contributed by atoms with E-state index in [0.717, 1.165) is 12.1 Å². The Hall–Kier alpha value is -1.14. The third kappa shape index (κ3) is 3.00. The van der Waals surface area contributed by atoms with Gasteiger partial charge in [-0.2, -0.15) is 4.31 Å². The van der Waals surface area contributed by atoms with Crippen LogP contribution < -0.4 is 5.73 Å². The third-order valence-electron chi connectivity index (χ3n) is 2.58. The number of benzene rings is 1. The van der Waals surface area contributed by atoms with Crippen LogP contribution in [0.3, 0.4) is 0 Å². The SMILES string of the molecule is CCCN(C(C)C)S(=O)(=O)c1ccc(F)cc1N. The van der Waals surface area contributed by atoms with Crippen molar-refractivity contribution in [3.8, 4) is 0 Å². The molecule has 18 heavy (non-hydrogen) atoms. The highest BCUT2D eigenvalue weighted by atomic mass is 32.2. The fourth-order valence-corrected chi connectivity index (χ4v) is 3.58. The van der Waals surface area contributed by atoms with Crippen LogP contribution in [0, 0.1) is 5.82 Å². The number of nitrogens with two attached hydrogens (primary N) is 1. The quantitative estimate of drug-likeness (QED) is 0.837. The van der Waals surface area contributed by atoms with Crippen LogP contribution in [0.25, 0.3) is 0 Å². The molecule has 1 aromatic rings. The molecule has 0 amide bonds. The number of hydrogen-bond donors (Lipinski definition) is 1. The topological polar surface area (TPSA) is 63.4 Å². The van der Waals surface area contributed by atoms with E-state index in [1.165, 1.54) is 10.4 Å². The summed E-state index contributed by atoms with van der Waals surface area (Å²) in [5.74, 6) is -0.543. The Kier molecular flexibility index (Phi) is 4.70. The van der Waals surface area contributed by atoms with Gasteiger partial charge in [-0.1, -0.05) is 6.92 Å². The summed E-state index contributed by atoms with van der Waals surface area (Å²) in [6.45, 7) is 5.91. The molecule has 102 valence electrons. The number of sulfonamides is 1. The molecule has 0 atom stereocenters. The van der Waals surface area contributed by atoms with E-state index in [1.807, 2.05) is 6.92 Å². The van der Waals surface area contributed by atoms with E-state index in [9.17, 15) is 12.8 Å². The molecule has 0 saturated carbocycles. The highest BCUT2D eigenvalue weighted by molar-refractivity contribution is 7.89. The summed E-state index contributed by atoms with van der Waals surface area (Å²) in [5.41, 5.74) is 5.54. The Morgan fingerprint density at radius 1 is 1.39 bits per heavy atom. The maximum atomic E-state index is 13.0. The molecular weight excluding hydrogens is 255 g/mol. The fraction of sp³-hybridized carbons (Fsp3) is 0.500. The first-order chi connectivity index (χ1) is 8.30. The Balaban J connectivity index is 3.26. The van der Waals surface area contributed by atoms with Crippen LogP contribution in [-0.2, 0) is 10.0 Å². The molecule has 1 rings (SSSR count). The van der Waals surface area contributed by atoms with Crippen molar-refractivity contribution in [2.24, 2.45) is 0 Å². The highest BCUT2D eigenvalue weighted by Crippen LogP contribution is 2.24. The summed E-state index contributed by atoms with van der Waals surface area (Å²) in [7, 11) is -3.67. The normalized spacial score (nSPS) is 12.3. The lowest BCUT2D eigenvalue weighted by atomic mass is 10.3. The van der Waals surface area contributed by atoms with Gasteiger partial charge in [0.2, 0.25) is 10.0 Å². The summed E-state index contributed by atoms with van der Waals surface area (Å²) in [5, 5.41) is 0. The van der Waals surface area contributed by atoms with Crippen LogP contribution in [0.4, 0.5) is 10.1 Å². The van der Waals surface area contributed by atoms with Gasteiger partial charge in [0.05, 0.1) is 5.69 Å². The zero-order chi connectivity index (χ0) is 13.9. The average Bonchev–Trinajstić information content (AvgIpc) is 2.24. The molecule has 0 aliphatic rings. The van der Waals surface area contributed by atoms with Gasteiger partial charge in [-0.15, -0.1) is 0 Å². The van der Waals surface area contributed by atoms with E-state index in [-0.39, 0.29) is 16.6 Å². The van der Waals surface area contributed by atoms with Gasteiger partial charge in [0.15, 0.2) is 0 Å². The minimum Gasteiger partial charge on any atom is -0.398 e. The van der Waals surface area contributed by atoms with Gasteiger partial charge < -0.3 is 5.73 Å². The number of nitrogen functional groups attached to an aromatic ring is 1. The molecule has 0 heterocycles. The van der Waals surface area contributed by atoms with Gasteiger partial charge in [-0.05, 0) is 38.5 Å².